The Kier molecular flexibility index (Phi) is 5.39. The van der Waals surface area contributed by atoms with Crippen LogP contribution in [0.3, 0.4) is 0 Å². The number of carbonyl (C=O) groups excluding carboxylic acids is 1. The molecule has 0 bridgehead atoms. The predicted octanol–water partition coefficient (Wildman–Crippen LogP) is 3.08. The Bertz CT molecular complexity index is 772. The maximum absolute atomic E-state index is 12.1. The lowest BCUT2D eigenvalue weighted by molar-refractivity contribution is -0.119. The van der Waals surface area contributed by atoms with E-state index in [0.29, 0.717) is 11.0 Å². The highest BCUT2D eigenvalue weighted by Gasteiger charge is 2.35. The third kappa shape index (κ3) is 4.20. The normalized spacial score (nSPS) is 15.7. The van der Waals surface area contributed by atoms with Crippen molar-refractivity contribution < 1.29 is 4.79 Å². The third-order valence-electron chi connectivity index (χ3n) is 4.48. The van der Waals surface area contributed by atoms with E-state index in [0.717, 1.165) is 37.7 Å². The van der Waals surface area contributed by atoms with Gasteiger partial charge in [-0.05, 0) is 37.7 Å². The summed E-state index contributed by atoms with van der Waals surface area (Å²) in [5.74, 6) is 0.747. The quantitative estimate of drug-likeness (QED) is 0.777. The molecular formula is C18H21N5OS. The summed E-state index contributed by atoms with van der Waals surface area (Å²) in [6, 6.07) is 10.4. The van der Waals surface area contributed by atoms with Gasteiger partial charge in [0, 0.05) is 5.56 Å². The highest BCUT2D eigenvalue weighted by atomic mass is 32.2. The molecule has 7 heteroatoms. The van der Waals surface area contributed by atoms with Gasteiger partial charge < -0.3 is 5.32 Å². The molecule has 0 atom stereocenters. The maximum atomic E-state index is 12.1. The third-order valence-corrected chi connectivity index (χ3v) is 5.33. The van der Waals surface area contributed by atoms with Crippen LogP contribution in [0.4, 0.5) is 0 Å². The molecule has 0 saturated heterocycles. The second-order valence-electron chi connectivity index (χ2n) is 6.25. The second-order valence-corrected chi connectivity index (χ2v) is 7.20. The number of aryl methyl sites for hydroxylation is 1. The van der Waals surface area contributed by atoms with Gasteiger partial charge in [0.15, 0.2) is 5.82 Å². The number of nitrogens with zero attached hydrogens (tertiary/aromatic N) is 3. The van der Waals surface area contributed by atoms with Crippen LogP contribution in [-0.2, 0) is 11.2 Å². The first kappa shape index (κ1) is 17.5. The van der Waals surface area contributed by atoms with Crippen molar-refractivity contribution in [3.05, 3.63) is 29.8 Å². The summed E-state index contributed by atoms with van der Waals surface area (Å²) in [5, 5.41) is 19.8. The minimum Gasteiger partial charge on any atom is -0.337 e. The first-order chi connectivity index (χ1) is 12.1. The fraction of sp³-hybridized carbons (Fsp3) is 0.444. The van der Waals surface area contributed by atoms with Crippen LogP contribution >= 0.6 is 11.8 Å². The molecular weight excluding hydrogens is 334 g/mol. The molecule has 0 spiro atoms. The van der Waals surface area contributed by atoms with Gasteiger partial charge >= 0.3 is 0 Å². The van der Waals surface area contributed by atoms with E-state index in [-0.39, 0.29) is 11.7 Å². The van der Waals surface area contributed by atoms with Crippen molar-refractivity contribution in [2.75, 3.05) is 5.75 Å². The number of H-pyrrole nitrogens is 1. The average Bonchev–Trinajstić information content (AvgIpc) is 3.30. The summed E-state index contributed by atoms with van der Waals surface area (Å²) >= 11 is 1.27. The van der Waals surface area contributed by atoms with E-state index in [1.54, 1.807) is 0 Å². The van der Waals surface area contributed by atoms with Gasteiger partial charge in [0.2, 0.25) is 11.1 Å². The standard InChI is InChI=1S/C18H21N5OS/c1-2-13-5-7-14(8-6-13)16-20-17(23-22-16)25-11-15(24)21-18(12-19)9-3-4-10-18/h5-8H,2-4,9-11H2,1H3,(H,21,24)(H,20,22,23). The number of benzene rings is 1. The van der Waals surface area contributed by atoms with Crippen molar-refractivity contribution >= 4 is 17.7 Å². The fourth-order valence-electron chi connectivity index (χ4n) is 3.01. The van der Waals surface area contributed by atoms with Crippen molar-refractivity contribution in [3.8, 4) is 17.5 Å². The number of amides is 1. The molecule has 1 fully saturated rings. The number of aromatic amines is 1. The van der Waals surface area contributed by atoms with Crippen molar-refractivity contribution in [3.63, 3.8) is 0 Å². The van der Waals surface area contributed by atoms with Crippen molar-refractivity contribution in [2.24, 2.45) is 0 Å². The van der Waals surface area contributed by atoms with E-state index in [1.807, 2.05) is 12.1 Å². The molecule has 6 nitrogen and oxygen atoms in total. The number of thioether (sulfide) groups is 1. The molecule has 1 aliphatic rings. The summed E-state index contributed by atoms with van der Waals surface area (Å²) in [6.07, 6.45) is 4.44. The number of nitrogens with one attached hydrogen (secondary N) is 2. The Hall–Kier alpha value is -2.33. The highest BCUT2D eigenvalue weighted by molar-refractivity contribution is 7.99. The van der Waals surface area contributed by atoms with Crippen molar-refractivity contribution in [1.29, 1.82) is 5.26 Å². The average molecular weight is 355 g/mol. The van der Waals surface area contributed by atoms with Gasteiger partial charge in [0.05, 0.1) is 11.8 Å². The molecule has 3 rings (SSSR count). The molecule has 0 aliphatic heterocycles. The Morgan fingerprint density at radius 2 is 2.08 bits per heavy atom. The zero-order valence-corrected chi connectivity index (χ0v) is 15.0. The number of aromatic nitrogens is 3. The first-order valence-corrected chi connectivity index (χ1v) is 9.49. The van der Waals surface area contributed by atoms with Crippen LogP contribution in [0.5, 0.6) is 0 Å². The molecule has 1 saturated carbocycles. The SMILES string of the molecule is CCc1ccc(-c2nc(SCC(=O)NC3(C#N)CCCC3)n[nH]2)cc1. The van der Waals surface area contributed by atoms with Crippen molar-refractivity contribution in [2.45, 2.75) is 49.7 Å². The topological polar surface area (TPSA) is 94.5 Å². The van der Waals surface area contributed by atoms with E-state index in [4.69, 9.17) is 0 Å². The zero-order valence-electron chi connectivity index (χ0n) is 14.2. The summed E-state index contributed by atoms with van der Waals surface area (Å²) in [6.45, 7) is 2.12. The van der Waals surface area contributed by atoms with Gasteiger partial charge in [-0.1, -0.05) is 43.0 Å². The number of hydrogen-bond donors (Lipinski definition) is 2. The van der Waals surface area contributed by atoms with Gasteiger partial charge in [0.25, 0.3) is 0 Å². The lowest BCUT2D eigenvalue weighted by atomic mass is 10.0. The molecule has 130 valence electrons. The number of nitriles is 1. The van der Waals surface area contributed by atoms with Crippen LogP contribution in [0.1, 0.15) is 38.2 Å². The van der Waals surface area contributed by atoms with E-state index < -0.39 is 5.54 Å². The number of hydrogen-bond acceptors (Lipinski definition) is 5. The van der Waals surface area contributed by atoms with Crippen LogP contribution in [0, 0.1) is 11.3 Å². The summed E-state index contributed by atoms with van der Waals surface area (Å²) < 4.78 is 0. The smallest absolute Gasteiger partial charge is 0.231 e. The lowest BCUT2D eigenvalue weighted by Crippen LogP contribution is -2.45. The summed E-state index contributed by atoms with van der Waals surface area (Å²) in [7, 11) is 0. The largest absolute Gasteiger partial charge is 0.337 e. The molecule has 25 heavy (non-hydrogen) atoms. The van der Waals surface area contributed by atoms with Gasteiger partial charge in [-0.25, -0.2) is 4.98 Å². The monoisotopic (exact) mass is 355 g/mol. The maximum Gasteiger partial charge on any atom is 0.231 e. The zero-order chi connectivity index (χ0) is 17.7. The molecule has 0 unspecified atom stereocenters. The molecule has 2 aromatic rings. The Labute approximate surface area is 151 Å². The van der Waals surface area contributed by atoms with Crippen LogP contribution in [0.15, 0.2) is 29.4 Å². The van der Waals surface area contributed by atoms with Gasteiger partial charge in [0.1, 0.15) is 5.54 Å². The van der Waals surface area contributed by atoms with E-state index in [9.17, 15) is 10.1 Å². The minimum absolute atomic E-state index is 0.146. The molecule has 1 aromatic carbocycles. The van der Waals surface area contributed by atoms with Crippen LogP contribution in [0.2, 0.25) is 0 Å². The van der Waals surface area contributed by atoms with Crippen LogP contribution in [-0.4, -0.2) is 32.4 Å². The minimum atomic E-state index is -0.678. The molecule has 1 aliphatic carbocycles. The highest BCUT2D eigenvalue weighted by Crippen LogP contribution is 2.29. The summed E-state index contributed by atoms with van der Waals surface area (Å²) in [4.78, 5) is 16.6. The molecule has 1 aromatic heterocycles. The summed E-state index contributed by atoms with van der Waals surface area (Å²) in [5.41, 5.74) is 1.56. The molecule has 1 heterocycles. The molecule has 2 N–H and O–H groups in total. The van der Waals surface area contributed by atoms with E-state index in [1.165, 1.54) is 17.3 Å². The lowest BCUT2D eigenvalue weighted by Gasteiger charge is -2.21. The van der Waals surface area contributed by atoms with Crippen LogP contribution < -0.4 is 5.32 Å². The predicted molar refractivity (Wildman–Crippen MR) is 96.9 cm³/mol. The number of carbonyl (C=O) groups is 1. The van der Waals surface area contributed by atoms with Crippen LogP contribution in [0.25, 0.3) is 11.4 Å². The molecule has 1 amide bonds. The first-order valence-electron chi connectivity index (χ1n) is 8.51. The van der Waals surface area contributed by atoms with Gasteiger partial charge in [-0.2, -0.15) is 5.26 Å². The van der Waals surface area contributed by atoms with Gasteiger partial charge in [-0.3, -0.25) is 9.89 Å². The van der Waals surface area contributed by atoms with Crippen molar-refractivity contribution in [1.82, 2.24) is 20.5 Å². The fourth-order valence-corrected chi connectivity index (χ4v) is 3.61. The second kappa shape index (κ2) is 7.70. The Balaban J connectivity index is 1.56. The van der Waals surface area contributed by atoms with Gasteiger partial charge in [-0.15, -0.1) is 5.10 Å². The molecule has 0 radical (unpaired) electrons. The van der Waals surface area contributed by atoms with E-state index >= 15 is 0 Å². The Morgan fingerprint density at radius 3 is 2.72 bits per heavy atom. The Morgan fingerprint density at radius 1 is 1.36 bits per heavy atom. The number of rotatable bonds is 6. The van der Waals surface area contributed by atoms with E-state index in [2.05, 4.69) is 45.6 Å².